The van der Waals surface area contributed by atoms with Gasteiger partial charge >= 0.3 is 0 Å². The van der Waals surface area contributed by atoms with Gasteiger partial charge in [0.15, 0.2) is 0 Å². The molecular weight excluding hydrogens is 324 g/mol. The zero-order chi connectivity index (χ0) is 17.2. The molecule has 6 heteroatoms. The molecule has 1 saturated heterocycles. The lowest BCUT2D eigenvalue weighted by Gasteiger charge is -2.31. The first-order valence-electron chi connectivity index (χ1n) is 8.29. The number of hydrogen-bond acceptors (Lipinski definition) is 3. The molecule has 1 N–H and O–H groups in total. The number of fused-ring (bicyclic) bond motifs is 1. The van der Waals surface area contributed by atoms with Gasteiger partial charge in [0.25, 0.3) is 0 Å². The quantitative estimate of drug-likeness (QED) is 0.924. The van der Waals surface area contributed by atoms with Crippen LogP contribution in [-0.4, -0.2) is 38.3 Å². The number of carbonyl (C=O) groups excluding carboxylic acids is 1. The van der Waals surface area contributed by atoms with Gasteiger partial charge in [0, 0.05) is 19.6 Å². The maximum absolute atomic E-state index is 13.0. The third-order valence-corrected chi connectivity index (χ3v) is 6.33. The highest BCUT2D eigenvalue weighted by Gasteiger charge is 2.33. The van der Waals surface area contributed by atoms with E-state index in [1.165, 1.54) is 4.31 Å². The van der Waals surface area contributed by atoms with Gasteiger partial charge in [-0.2, -0.15) is 4.31 Å². The van der Waals surface area contributed by atoms with Gasteiger partial charge < -0.3 is 5.32 Å². The molecule has 1 atom stereocenters. The fraction of sp³-hybridized carbons (Fsp3) is 0.389. The van der Waals surface area contributed by atoms with Crippen LogP contribution in [0.2, 0.25) is 0 Å². The minimum absolute atomic E-state index is 0.0593. The molecular formula is C18H22N2O3S. The molecule has 128 valence electrons. The minimum Gasteiger partial charge on any atom is -0.356 e. The molecule has 0 radical (unpaired) electrons. The van der Waals surface area contributed by atoms with Crippen molar-refractivity contribution in [3.8, 4) is 0 Å². The minimum atomic E-state index is -3.58. The molecule has 2 aromatic rings. The summed E-state index contributed by atoms with van der Waals surface area (Å²) in [6, 6.07) is 12.9. The monoisotopic (exact) mass is 346 g/mol. The van der Waals surface area contributed by atoms with Gasteiger partial charge in [-0.05, 0) is 42.7 Å². The van der Waals surface area contributed by atoms with E-state index >= 15 is 0 Å². The topological polar surface area (TPSA) is 66.5 Å². The summed E-state index contributed by atoms with van der Waals surface area (Å²) in [7, 11) is -3.58. The molecule has 0 aromatic heterocycles. The van der Waals surface area contributed by atoms with Gasteiger partial charge in [-0.15, -0.1) is 0 Å². The summed E-state index contributed by atoms with van der Waals surface area (Å²) in [6.45, 7) is 3.14. The Bertz CT molecular complexity index is 848. The Morgan fingerprint density at radius 3 is 2.71 bits per heavy atom. The molecule has 1 fully saturated rings. The number of hydrogen-bond donors (Lipinski definition) is 1. The molecule has 1 aliphatic rings. The number of carbonyl (C=O) groups is 1. The molecule has 1 amide bonds. The first kappa shape index (κ1) is 16.9. The lowest BCUT2D eigenvalue weighted by molar-refractivity contribution is -0.125. The van der Waals surface area contributed by atoms with Crippen LogP contribution >= 0.6 is 0 Å². The van der Waals surface area contributed by atoms with Crippen LogP contribution in [0.5, 0.6) is 0 Å². The van der Waals surface area contributed by atoms with Crippen LogP contribution in [0.25, 0.3) is 10.8 Å². The van der Waals surface area contributed by atoms with Crippen molar-refractivity contribution in [2.75, 3.05) is 19.6 Å². The van der Waals surface area contributed by atoms with Crippen molar-refractivity contribution in [1.82, 2.24) is 9.62 Å². The standard InChI is InChI=1S/C18H22N2O3S/c1-2-19-18(21)16-8-5-11-20(13-16)24(22,23)17-10-9-14-6-3-4-7-15(14)12-17/h3-4,6-7,9-10,12,16H,2,5,8,11,13H2,1H3,(H,19,21)/t16-/m1/s1. The van der Waals surface area contributed by atoms with Crippen LogP contribution in [0, 0.1) is 5.92 Å². The van der Waals surface area contributed by atoms with E-state index in [4.69, 9.17) is 0 Å². The maximum atomic E-state index is 13.0. The molecule has 2 aromatic carbocycles. The van der Waals surface area contributed by atoms with Crippen LogP contribution in [0.3, 0.4) is 0 Å². The Hall–Kier alpha value is -1.92. The number of amides is 1. The van der Waals surface area contributed by atoms with E-state index in [1.807, 2.05) is 37.3 Å². The van der Waals surface area contributed by atoms with E-state index < -0.39 is 10.0 Å². The van der Waals surface area contributed by atoms with Crippen LogP contribution in [-0.2, 0) is 14.8 Å². The van der Waals surface area contributed by atoms with Crippen molar-refractivity contribution in [3.63, 3.8) is 0 Å². The Morgan fingerprint density at radius 1 is 1.21 bits per heavy atom. The first-order valence-corrected chi connectivity index (χ1v) is 9.73. The van der Waals surface area contributed by atoms with Crippen molar-refractivity contribution in [2.24, 2.45) is 5.92 Å². The summed E-state index contributed by atoms with van der Waals surface area (Å²) in [6.07, 6.45) is 1.43. The SMILES string of the molecule is CCNC(=O)[C@@H]1CCCN(S(=O)(=O)c2ccc3ccccc3c2)C1. The number of rotatable bonds is 4. The van der Waals surface area contributed by atoms with Crippen molar-refractivity contribution in [2.45, 2.75) is 24.7 Å². The highest BCUT2D eigenvalue weighted by atomic mass is 32.2. The van der Waals surface area contributed by atoms with Gasteiger partial charge in [0.05, 0.1) is 10.8 Å². The van der Waals surface area contributed by atoms with E-state index in [0.29, 0.717) is 19.5 Å². The van der Waals surface area contributed by atoms with Gasteiger partial charge in [0.1, 0.15) is 0 Å². The van der Waals surface area contributed by atoms with E-state index in [9.17, 15) is 13.2 Å². The summed E-state index contributed by atoms with van der Waals surface area (Å²) in [5.41, 5.74) is 0. The number of sulfonamides is 1. The highest BCUT2D eigenvalue weighted by molar-refractivity contribution is 7.89. The Morgan fingerprint density at radius 2 is 1.96 bits per heavy atom. The van der Waals surface area contributed by atoms with Crippen molar-refractivity contribution in [1.29, 1.82) is 0 Å². The van der Waals surface area contributed by atoms with Crippen molar-refractivity contribution >= 4 is 26.7 Å². The third-order valence-electron chi connectivity index (χ3n) is 4.46. The highest BCUT2D eigenvalue weighted by Crippen LogP contribution is 2.26. The second-order valence-corrected chi connectivity index (χ2v) is 8.04. The average Bonchev–Trinajstić information content (AvgIpc) is 2.61. The van der Waals surface area contributed by atoms with Gasteiger partial charge in [-0.3, -0.25) is 4.79 Å². The van der Waals surface area contributed by atoms with Crippen LogP contribution in [0.4, 0.5) is 0 Å². The molecule has 1 aliphatic heterocycles. The number of benzene rings is 2. The number of nitrogens with zero attached hydrogens (tertiary/aromatic N) is 1. The summed E-state index contributed by atoms with van der Waals surface area (Å²) < 4.78 is 27.3. The van der Waals surface area contributed by atoms with Crippen molar-refractivity contribution in [3.05, 3.63) is 42.5 Å². The summed E-state index contributed by atoms with van der Waals surface area (Å²) in [4.78, 5) is 12.3. The smallest absolute Gasteiger partial charge is 0.243 e. The summed E-state index contributed by atoms with van der Waals surface area (Å²) in [5.74, 6) is -0.329. The van der Waals surface area contributed by atoms with Gasteiger partial charge in [-0.1, -0.05) is 30.3 Å². The van der Waals surface area contributed by atoms with Crippen LogP contribution in [0.1, 0.15) is 19.8 Å². The number of piperidine rings is 1. The zero-order valence-corrected chi connectivity index (χ0v) is 14.6. The molecule has 0 spiro atoms. The molecule has 5 nitrogen and oxygen atoms in total. The second-order valence-electron chi connectivity index (χ2n) is 6.11. The van der Waals surface area contributed by atoms with E-state index in [1.54, 1.807) is 12.1 Å². The van der Waals surface area contributed by atoms with Gasteiger partial charge in [0.2, 0.25) is 15.9 Å². The van der Waals surface area contributed by atoms with E-state index in [0.717, 1.165) is 17.2 Å². The lowest BCUT2D eigenvalue weighted by atomic mass is 9.99. The summed E-state index contributed by atoms with van der Waals surface area (Å²) >= 11 is 0. The fourth-order valence-corrected chi connectivity index (χ4v) is 4.73. The third kappa shape index (κ3) is 3.30. The molecule has 0 unspecified atom stereocenters. The normalized spacial score (nSPS) is 19.3. The fourth-order valence-electron chi connectivity index (χ4n) is 3.17. The van der Waals surface area contributed by atoms with E-state index in [-0.39, 0.29) is 23.3 Å². The molecule has 0 saturated carbocycles. The van der Waals surface area contributed by atoms with Crippen molar-refractivity contribution < 1.29 is 13.2 Å². The van der Waals surface area contributed by atoms with E-state index in [2.05, 4.69) is 5.32 Å². The molecule has 1 heterocycles. The Labute approximate surface area is 142 Å². The average molecular weight is 346 g/mol. The van der Waals surface area contributed by atoms with Crippen LogP contribution < -0.4 is 5.32 Å². The largest absolute Gasteiger partial charge is 0.356 e. The Balaban J connectivity index is 1.87. The molecule has 24 heavy (non-hydrogen) atoms. The molecule has 0 bridgehead atoms. The first-order chi connectivity index (χ1) is 11.5. The van der Waals surface area contributed by atoms with Crippen LogP contribution in [0.15, 0.2) is 47.4 Å². The zero-order valence-electron chi connectivity index (χ0n) is 13.7. The maximum Gasteiger partial charge on any atom is 0.243 e. The molecule has 0 aliphatic carbocycles. The number of nitrogens with one attached hydrogen (secondary N) is 1. The second kappa shape index (κ2) is 6.91. The lowest BCUT2D eigenvalue weighted by Crippen LogP contribution is -2.45. The predicted molar refractivity (Wildman–Crippen MR) is 94.1 cm³/mol. The molecule has 3 rings (SSSR count). The van der Waals surface area contributed by atoms with Gasteiger partial charge in [-0.25, -0.2) is 8.42 Å². The Kier molecular flexibility index (Phi) is 4.87. The summed E-state index contributed by atoms with van der Waals surface area (Å²) in [5, 5.41) is 4.70. The predicted octanol–water partition coefficient (Wildman–Crippen LogP) is 2.38.